The Kier molecular flexibility index (Phi) is 7.14. The zero-order valence-corrected chi connectivity index (χ0v) is 21.0. The van der Waals surface area contributed by atoms with Crippen LogP contribution in [-0.2, 0) is 22.0 Å². The van der Waals surface area contributed by atoms with Crippen molar-refractivity contribution >= 4 is 17.5 Å². The summed E-state index contributed by atoms with van der Waals surface area (Å²) in [5.74, 6) is 0. The fourth-order valence-electron chi connectivity index (χ4n) is 3.72. The van der Waals surface area contributed by atoms with Crippen LogP contribution in [0.1, 0.15) is 72.1 Å². The summed E-state index contributed by atoms with van der Waals surface area (Å²) in [5, 5.41) is 3.32. The molecule has 0 bridgehead atoms. The zero-order chi connectivity index (χ0) is 23.6. The number of ether oxygens (including phenoxy) is 1. The van der Waals surface area contributed by atoms with Crippen LogP contribution in [0.3, 0.4) is 0 Å². The number of benzene rings is 2. The molecule has 0 aliphatic carbocycles. The van der Waals surface area contributed by atoms with Gasteiger partial charge in [0, 0.05) is 25.5 Å². The molecule has 170 valence electrons. The van der Waals surface area contributed by atoms with Gasteiger partial charge in [-0.1, -0.05) is 58.9 Å². The Labute approximate surface area is 189 Å². The van der Waals surface area contributed by atoms with E-state index in [0.717, 1.165) is 12.1 Å². The highest BCUT2D eigenvalue weighted by Crippen LogP contribution is 2.34. The van der Waals surface area contributed by atoms with Crippen molar-refractivity contribution in [2.45, 2.75) is 78.2 Å². The summed E-state index contributed by atoms with van der Waals surface area (Å²) in [5.41, 5.74) is 5.42. The molecule has 2 rings (SSSR count). The third kappa shape index (κ3) is 6.49. The lowest BCUT2D eigenvalue weighted by Gasteiger charge is -2.29. The highest BCUT2D eigenvalue weighted by Gasteiger charge is 2.25. The van der Waals surface area contributed by atoms with E-state index in [1.807, 2.05) is 40.0 Å². The molecule has 0 fully saturated rings. The van der Waals surface area contributed by atoms with Crippen LogP contribution in [0.15, 0.2) is 42.5 Å². The van der Waals surface area contributed by atoms with Gasteiger partial charge in [0.15, 0.2) is 0 Å². The number of carbonyl (C=O) groups is 1. The van der Waals surface area contributed by atoms with Gasteiger partial charge in [0.25, 0.3) is 0 Å². The van der Waals surface area contributed by atoms with Crippen molar-refractivity contribution in [2.75, 3.05) is 24.3 Å². The number of amides is 1. The monoisotopic (exact) mass is 424 g/mol. The molecule has 2 aromatic rings. The quantitative estimate of drug-likeness (QED) is 0.566. The van der Waals surface area contributed by atoms with Crippen molar-refractivity contribution < 1.29 is 9.53 Å². The van der Waals surface area contributed by atoms with Gasteiger partial charge in [0.05, 0.1) is 0 Å². The van der Waals surface area contributed by atoms with Crippen LogP contribution in [0.4, 0.5) is 16.2 Å². The number of hydrogen-bond acceptors (Lipinski definition) is 3. The Morgan fingerprint density at radius 1 is 0.935 bits per heavy atom. The number of carbonyl (C=O) groups excluding carboxylic acids is 1. The van der Waals surface area contributed by atoms with Gasteiger partial charge in [-0.15, -0.1) is 0 Å². The first kappa shape index (κ1) is 24.8. The largest absolute Gasteiger partial charge is 0.443 e. The fraction of sp³-hybridized carbons (Fsp3) is 0.519. The van der Waals surface area contributed by atoms with E-state index in [0.29, 0.717) is 0 Å². The van der Waals surface area contributed by atoms with Gasteiger partial charge in [0.2, 0.25) is 0 Å². The second-order valence-corrected chi connectivity index (χ2v) is 11.0. The molecule has 0 spiro atoms. The van der Waals surface area contributed by atoms with E-state index in [1.165, 1.54) is 22.4 Å². The predicted molar refractivity (Wildman–Crippen MR) is 132 cm³/mol. The average molecular weight is 425 g/mol. The Bertz CT molecular complexity index is 900. The molecule has 31 heavy (non-hydrogen) atoms. The highest BCUT2D eigenvalue weighted by molar-refractivity contribution is 5.87. The Morgan fingerprint density at radius 3 is 2.00 bits per heavy atom. The second-order valence-electron chi connectivity index (χ2n) is 11.0. The first-order valence-corrected chi connectivity index (χ1v) is 11.0. The van der Waals surface area contributed by atoms with E-state index >= 15 is 0 Å². The first-order chi connectivity index (χ1) is 14.1. The lowest BCUT2D eigenvalue weighted by molar-refractivity contribution is 0.0589. The molecule has 0 atom stereocenters. The molecule has 0 saturated carbocycles. The molecule has 1 amide bonds. The molecule has 0 saturated heterocycles. The molecule has 2 aromatic carbocycles. The smallest absolute Gasteiger partial charge is 0.414 e. The van der Waals surface area contributed by atoms with E-state index in [2.05, 4.69) is 70.3 Å². The van der Waals surface area contributed by atoms with Gasteiger partial charge in [-0.3, -0.25) is 4.90 Å². The maximum Gasteiger partial charge on any atom is 0.414 e. The summed E-state index contributed by atoms with van der Waals surface area (Å²) in [6, 6.07) is 14.9. The van der Waals surface area contributed by atoms with E-state index in [1.54, 1.807) is 11.9 Å². The van der Waals surface area contributed by atoms with Crippen LogP contribution in [-0.4, -0.2) is 25.8 Å². The second kappa shape index (κ2) is 8.94. The number of nitrogens with zero attached hydrogens (tertiary/aromatic N) is 1. The molecule has 0 aromatic heterocycles. The van der Waals surface area contributed by atoms with Crippen molar-refractivity contribution in [3.05, 3.63) is 59.2 Å². The minimum atomic E-state index is -0.512. The van der Waals surface area contributed by atoms with Gasteiger partial charge >= 0.3 is 6.09 Å². The summed E-state index contributed by atoms with van der Waals surface area (Å²) in [4.78, 5) is 13.9. The van der Waals surface area contributed by atoms with Crippen LogP contribution < -0.4 is 10.2 Å². The van der Waals surface area contributed by atoms with Gasteiger partial charge in [-0.25, -0.2) is 4.79 Å². The SMILES string of the molecule is CNc1ccc(CC(C)(C)c2ccc(N(C)C(=O)OC(C)(C)C)cc2)cc1C(C)(C)C. The maximum absolute atomic E-state index is 12.3. The minimum absolute atomic E-state index is 0.0423. The van der Waals surface area contributed by atoms with Crippen molar-refractivity contribution in [1.29, 1.82) is 0 Å². The molecule has 0 aliphatic rings. The number of hydrogen-bond donors (Lipinski definition) is 1. The van der Waals surface area contributed by atoms with Crippen molar-refractivity contribution in [3.8, 4) is 0 Å². The summed E-state index contributed by atoms with van der Waals surface area (Å²) in [7, 11) is 3.72. The number of anilines is 2. The van der Waals surface area contributed by atoms with E-state index < -0.39 is 5.60 Å². The number of rotatable bonds is 5. The number of nitrogens with one attached hydrogen (secondary N) is 1. The van der Waals surface area contributed by atoms with Crippen molar-refractivity contribution in [2.24, 2.45) is 0 Å². The van der Waals surface area contributed by atoms with Crippen LogP contribution >= 0.6 is 0 Å². The third-order valence-corrected chi connectivity index (χ3v) is 5.51. The van der Waals surface area contributed by atoms with Gasteiger partial charge in [-0.2, -0.15) is 0 Å². The summed E-state index contributed by atoms with van der Waals surface area (Å²) >= 11 is 0. The van der Waals surface area contributed by atoms with Crippen LogP contribution in [0.2, 0.25) is 0 Å². The van der Waals surface area contributed by atoms with Gasteiger partial charge in [0.1, 0.15) is 5.60 Å². The summed E-state index contributed by atoms with van der Waals surface area (Å²) in [6.07, 6.45) is 0.584. The lowest BCUT2D eigenvalue weighted by atomic mass is 9.77. The minimum Gasteiger partial charge on any atom is -0.443 e. The highest BCUT2D eigenvalue weighted by atomic mass is 16.6. The Morgan fingerprint density at radius 2 is 1.52 bits per heavy atom. The summed E-state index contributed by atoms with van der Waals surface area (Å²) in [6.45, 7) is 16.9. The van der Waals surface area contributed by atoms with Crippen LogP contribution in [0.5, 0.6) is 0 Å². The Balaban J connectivity index is 2.22. The van der Waals surface area contributed by atoms with Crippen LogP contribution in [0.25, 0.3) is 0 Å². The molecule has 1 N–H and O–H groups in total. The first-order valence-electron chi connectivity index (χ1n) is 11.0. The fourth-order valence-corrected chi connectivity index (χ4v) is 3.72. The lowest BCUT2D eigenvalue weighted by Crippen LogP contribution is -2.34. The maximum atomic E-state index is 12.3. The van der Waals surface area contributed by atoms with Crippen molar-refractivity contribution in [1.82, 2.24) is 0 Å². The van der Waals surface area contributed by atoms with E-state index in [4.69, 9.17) is 4.74 Å². The molecular formula is C27H40N2O2. The molecule has 0 aliphatic heterocycles. The van der Waals surface area contributed by atoms with Gasteiger partial charge < -0.3 is 10.1 Å². The third-order valence-electron chi connectivity index (χ3n) is 5.51. The molecule has 0 unspecified atom stereocenters. The molecule has 4 nitrogen and oxygen atoms in total. The van der Waals surface area contributed by atoms with Crippen LogP contribution in [0, 0.1) is 0 Å². The normalized spacial score (nSPS) is 12.5. The molecule has 4 heteroatoms. The summed E-state index contributed by atoms with van der Waals surface area (Å²) < 4.78 is 5.47. The zero-order valence-electron chi connectivity index (χ0n) is 21.0. The van der Waals surface area contributed by atoms with Gasteiger partial charge in [-0.05, 0) is 72.9 Å². The molecule has 0 radical (unpaired) electrons. The van der Waals surface area contributed by atoms with Crippen molar-refractivity contribution in [3.63, 3.8) is 0 Å². The van der Waals surface area contributed by atoms with E-state index in [9.17, 15) is 4.79 Å². The molecular weight excluding hydrogens is 384 g/mol. The topological polar surface area (TPSA) is 41.6 Å². The Hall–Kier alpha value is -2.49. The average Bonchev–Trinajstić information content (AvgIpc) is 2.65. The predicted octanol–water partition coefficient (Wildman–Crippen LogP) is 6.92. The van der Waals surface area contributed by atoms with E-state index in [-0.39, 0.29) is 16.9 Å². The standard InChI is InChI=1S/C27H40N2O2/c1-25(2,3)22-17-19(11-16-23(22)28-9)18-27(7,8)20-12-14-21(15-13-20)29(10)24(30)31-26(4,5)6/h11-17,28H,18H2,1-10H3. The molecule has 0 heterocycles.